The summed E-state index contributed by atoms with van der Waals surface area (Å²) in [6.45, 7) is 0.961. The summed E-state index contributed by atoms with van der Waals surface area (Å²) >= 11 is 0. The number of hydrogen-bond donors (Lipinski definition) is 2. The van der Waals surface area contributed by atoms with Crippen molar-refractivity contribution in [3.63, 3.8) is 0 Å². The zero-order valence-electron chi connectivity index (χ0n) is 9.55. The molecule has 0 spiro atoms. The molecule has 1 aliphatic carbocycles. The Balaban J connectivity index is 1.90. The van der Waals surface area contributed by atoms with Gasteiger partial charge < -0.3 is 10.2 Å². The third-order valence-corrected chi connectivity index (χ3v) is 3.33. The lowest BCUT2D eigenvalue weighted by Gasteiger charge is -2.09. The van der Waals surface area contributed by atoms with Gasteiger partial charge >= 0.3 is 0 Å². The minimum atomic E-state index is -0.630. The van der Waals surface area contributed by atoms with Crippen LogP contribution in [0.3, 0.4) is 0 Å². The molecule has 2 N–H and O–H groups in total. The van der Waals surface area contributed by atoms with Crippen molar-refractivity contribution < 1.29 is 10.2 Å². The van der Waals surface area contributed by atoms with Gasteiger partial charge in [-0.15, -0.1) is 0 Å². The third kappa shape index (κ3) is 2.83. The van der Waals surface area contributed by atoms with Crippen LogP contribution in [0, 0.1) is 5.92 Å². The smallest absolute Gasteiger partial charge is 0.1000 e. The van der Waals surface area contributed by atoms with Crippen LogP contribution in [0.25, 0.3) is 0 Å². The van der Waals surface area contributed by atoms with Crippen molar-refractivity contribution in [3.05, 3.63) is 18.0 Å². The summed E-state index contributed by atoms with van der Waals surface area (Å²) in [4.78, 5) is 0. The summed E-state index contributed by atoms with van der Waals surface area (Å²) in [6, 6.07) is 1.84. The molecule has 2 rings (SSSR count). The fourth-order valence-electron chi connectivity index (χ4n) is 2.38. The van der Waals surface area contributed by atoms with Gasteiger partial charge in [0.15, 0.2) is 0 Å². The molecule has 16 heavy (non-hydrogen) atoms. The Hall–Kier alpha value is -0.870. The van der Waals surface area contributed by atoms with Gasteiger partial charge in [0.25, 0.3) is 0 Å². The molecule has 0 amide bonds. The van der Waals surface area contributed by atoms with Gasteiger partial charge in [0, 0.05) is 25.8 Å². The van der Waals surface area contributed by atoms with E-state index in [1.54, 1.807) is 0 Å². The number of aliphatic hydroxyl groups is 2. The van der Waals surface area contributed by atoms with Crippen LogP contribution in [0.15, 0.2) is 12.3 Å². The first kappa shape index (κ1) is 11.6. The standard InChI is InChI=1S/C12H20N2O2/c15-8-6-12(16)11-5-7-14(13-11)9-10-3-1-2-4-10/h5,7,10,12,15-16H,1-4,6,8-9H2/t12-/m1/s1. The second-order valence-electron chi connectivity index (χ2n) is 4.64. The summed E-state index contributed by atoms with van der Waals surface area (Å²) in [5.41, 5.74) is 0.673. The molecule has 0 aromatic carbocycles. The van der Waals surface area contributed by atoms with Crippen LogP contribution in [0.4, 0.5) is 0 Å². The fourth-order valence-corrected chi connectivity index (χ4v) is 2.38. The van der Waals surface area contributed by atoms with E-state index in [0.29, 0.717) is 12.1 Å². The lowest BCUT2D eigenvalue weighted by atomic mass is 10.1. The van der Waals surface area contributed by atoms with Crippen molar-refractivity contribution >= 4 is 0 Å². The number of nitrogens with zero attached hydrogens (tertiary/aromatic N) is 2. The van der Waals surface area contributed by atoms with Crippen molar-refractivity contribution in [2.45, 2.75) is 44.8 Å². The molecule has 0 unspecified atom stereocenters. The van der Waals surface area contributed by atoms with Crippen LogP contribution < -0.4 is 0 Å². The highest BCUT2D eigenvalue weighted by atomic mass is 16.3. The van der Waals surface area contributed by atoms with Gasteiger partial charge in [-0.05, 0) is 24.8 Å². The van der Waals surface area contributed by atoms with E-state index in [4.69, 9.17) is 5.11 Å². The highest BCUT2D eigenvalue weighted by Gasteiger charge is 2.16. The second kappa shape index (κ2) is 5.46. The largest absolute Gasteiger partial charge is 0.396 e. The van der Waals surface area contributed by atoms with Crippen LogP contribution in [0.1, 0.15) is 43.9 Å². The molecule has 1 aromatic heterocycles. The third-order valence-electron chi connectivity index (χ3n) is 3.33. The molecule has 0 bridgehead atoms. The minimum Gasteiger partial charge on any atom is -0.396 e. The molecule has 1 fully saturated rings. The quantitative estimate of drug-likeness (QED) is 0.796. The van der Waals surface area contributed by atoms with Crippen LogP contribution in [-0.4, -0.2) is 26.6 Å². The topological polar surface area (TPSA) is 58.3 Å². The monoisotopic (exact) mass is 224 g/mol. The van der Waals surface area contributed by atoms with Gasteiger partial charge in [-0.2, -0.15) is 5.10 Å². The van der Waals surface area contributed by atoms with Crippen molar-refractivity contribution in [1.29, 1.82) is 0 Å². The Morgan fingerprint density at radius 2 is 2.19 bits per heavy atom. The highest BCUT2D eigenvalue weighted by Crippen LogP contribution is 2.26. The van der Waals surface area contributed by atoms with Gasteiger partial charge in [0.2, 0.25) is 0 Å². The van der Waals surface area contributed by atoms with Gasteiger partial charge in [-0.25, -0.2) is 0 Å². The Morgan fingerprint density at radius 3 is 2.88 bits per heavy atom. The first-order valence-electron chi connectivity index (χ1n) is 6.12. The number of rotatable bonds is 5. The number of aliphatic hydroxyl groups excluding tert-OH is 2. The van der Waals surface area contributed by atoms with Crippen LogP contribution in [0.2, 0.25) is 0 Å². The van der Waals surface area contributed by atoms with Crippen molar-refractivity contribution in [1.82, 2.24) is 9.78 Å². The van der Waals surface area contributed by atoms with Gasteiger partial charge in [-0.3, -0.25) is 4.68 Å². The molecule has 0 radical (unpaired) electrons. The Bertz CT molecular complexity index is 319. The van der Waals surface area contributed by atoms with Crippen molar-refractivity contribution in [3.8, 4) is 0 Å². The molecule has 1 aromatic rings. The summed E-state index contributed by atoms with van der Waals surface area (Å²) < 4.78 is 1.92. The van der Waals surface area contributed by atoms with Crippen LogP contribution >= 0.6 is 0 Å². The van der Waals surface area contributed by atoms with Gasteiger partial charge in [0.05, 0.1) is 11.8 Å². The molecule has 0 saturated heterocycles. The van der Waals surface area contributed by atoms with E-state index in [0.717, 1.165) is 12.5 Å². The number of hydrogen-bond acceptors (Lipinski definition) is 3. The normalized spacial score (nSPS) is 19.1. The van der Waals surface area contributed by atoms with E-state index in [1.165, 1.54) is 25.7 Å². The van der Waals surface area contributed by atoms with E-state index >= 15 is 0 Å². The van der Waals surface area contributed by atoms with Crippen LogP contribution in [-0.2, 0) is 6.54 Å². The van der Waals surface area contributed by atoms with E-state index in [9.17, 15) is 5.11 Å². The fraction of sp³-hybridized carbons (Fsp3) is 0.750. The molecule has 4 heteroatoms. The van der Waals surface area contributed by atoms with E-state index in [1.807, 2.05) is 16.9 Å². The maximum Gasteiger partial charge on any atom is 0.1000 e. The summed E-state index contributed by atoms with van der Waals surface area (Å²) in [7, 11) is 0. The van der Waals surface area contributed by atoms with Gasteiger partial charge in [0.1, 0.15) is 0 Å². The highest BCUT2D eigenvalue weighted by molar-refractivity contribution is 5.02. The molecular formula is C12H20N2O2. The molecule has 1 saturated carbocycles. The first-order valence-corrected chi connectivity index (χ1v) is 6.12. The average molecular weight is 224 g/mol. The Labute approximate surface area is 95.9 Å². The lowest BCUT2D eigenvalue weighted by molar-refractivity contribution is 0.129. The summed E-state index contributed by atoms with van der Waals surface area (Å²) in [5.74, 6) is 0.753. The van der Waals surface area contributed by atoms with E-state index in [2.05, 4.69) is 5.10 Å². The minimum absolute atomic E-state index is 0.00332. The SMILES string of the molecule is OCC[C@@H](O)c1ccn(CC2CCCC2)n1. The summed E-state index contributed by atoms with van der Waals surface area (Å²) in [5, 5.41) is 22.7. The first-order chi connectivity index (χ1) is 7.79. The molecule has 1 atom stereocenters. The van der Waals surface area contributed by atoms with Crippen molar-refractivity contribution in [2.24, 2.45) is 5.92 Å². The zero-order chi connectivity index (χ0) is 11.4. The molecule has 0 aliphatic heterocycles. The Morgan fingerprint density at radius 1 is 1.44 bits per heavy atom. The lowest BCUT2D eigenvalue weighted by Crippen LogP contribution is -2.09. The average Bonchev–Trinajstić information content (AvgIpc) is 2.90. The van der Waals surface area contributed by atoms with Crippen LogP contribution in [0.5, 0.6) is 0 Å². The van der Waals surface area contributed by atoms with E-state index in [-0.39, 0.29) is 6.61 Å². The maximum atomic E-state index is 9.66. The molecule has 4 nitrogen and oxygen atoms in total. The molecule has 90 valence electrons. The molecular weight excluding hydrogens is 204 g/mol. The Kier molecular flexibility index (Phi) is 3.96. The second-order valence-corrected chi connectivity index (χ2v) is 4.64. The zero-order valence-corrected chi connectivity index (χ0v) is 9.55. The summed E-state index contributed by atoms with van der Waals surface area (Å²) in [6.07, 6.45) is 6.94. The van der Waals surface area contributed by atoms with E-state index < -0.39 is 6.10 Å². The maximum absolute atomic E-state index is 9.66. The molecule has 1 heterocycles. The predicted octanol–water partition coefficient (Wildman–Crippen LogP) is 1.49. The predicted molar refractivity (Wildman–Crippen MR) is 60.8 cm³/mol. The molecule has 1 aliphatic rings. The number of aromatic nitrogens is 2. The van der Waals surface area contributed by atoms with Crippen molar-refractivity contribution in [2.75, 3.05) is 6.61 Å². The van der Waals surface area contributed by atoms with Gasteiger partial charge in [-0.1, -0.05) is 12.8 Å².